The van der Waals surface area contributed by atoms with Gasteiger partial charge in [-0.05, 0) is 0 Å². The third-order valence-electron chi connectivity index (χ3n) is 6.31. The van der Waals surface area contributed by atoms with Gasteiger partial charge in [0.1, 0.15) is 0 Å². The van der Waals surface area contributed by atoms with E-state index in [1.807, 2.05) is 44.3 Å². The Morgan fingerprint density at radius 3 is 2.06 bits per heavy atom. The van der Waals surface area contributed by atoms with Gasteiger partial charge in [0.2, 0.25) is 0 Å². The van der Waals surface area contributed by atoms with Crippen LogP contribution in [0.25, 0.3) is 44.7 Å². The van der Waals surface area contributed by atoms with Crippen LogP contribution in [0.3, 0.4) is 0 Å². The molecule has 0 saturated heterocycles. The van der Waals surface area contributed by atoms with Gasteiger partial charge >= 0.3 is 201 Å². The molecule has 2 heterocycles. The summed E-state index contributed by atoms with van der Waals surface area (Å²) in [6.07, 6.45) is 2.04. The maximum atomic E-state index is 8.85. The quantitative estimate of drug-likeness (QED) is 0.223. The van der Waals surface area contributed by atoms with E-state index in [4.69, 9.17) is 10.8 Å². The molecule has 5 aromatic rings. The van der Waals surface area contributed by atoms with Gasteiger partial charge in [-0.3, -0.25) is 0 Å². The van der Waals surface area contributed by atoms with Crippen molar-refractivity contribution in [2.45, 2.75) is 37.0 Å². The van der Waals surface area contributed by atoms with Gasteiger partial charge in [0.25, 0.3) is 0 Å². The molecular weight excluding hydrogens is 475 g/mol. The number of fused-ring (bicyclic) bond motifs is 1. The predicted octanol–water partition coefficient (Wildman–Crippen LogP) is 8.50. The van der Waals surface area contributed by atoms with Crippen molar-refractivity contribution < 1.29 is 5.79 Å². The van der Waals surface area contributed by atoms with Gasteiger partial charge in [0.05, 0.1) is 0 Å². The molecule has 0 aliphatic heterocycles. The summed E-state index contributed by atoms with van der Waals surface area (Å²) in [5.74, 6) is 7.26. The molecule has 0 spiro atoms. The van der Waals surface area contributed by atoms with Crippen LogP contribution in [0.2, 0.25) is 17.3 Å². The molecule has 0 N–H and O–H groups in total. The molecule has 170 valence electrons. The Morgan fingerprint density at radius 1 is 0.794 bits per heavy atom. The third-order valence-corrected chi connectivity index (χ3v) is 10.5. The fraction of sp³-hybridized carbons (Fsp3) is 0.194. The molecule has 0 radical (unpaired) electrons. The Morgan fingerprint density at radius 2 is 1.44 bits per heavy atom. The van der Waals surface area contributed by atoms with Crippen LogP contribution >= 0.6 is 0 Å². The molecule has 0 saturated carbocycles. The molecule has 5 rings (SSSR count). The second-order valence-corrected chi connectivity index (χ2v) is 20.7. The number of rotatable bonds is 5. The number of hydrogen-bond acceptors (Lipinski definition) is 2. The van der Waals surface area contributed by atoms with E-state index in [2.05, 4.69) is 77.9 Å². The molecule has 0 atom stereocenters. The zero-order chi connectivity index (χ0) is 24.8. The number of pyridine rings is 1. The van der Waals surface area contributed by atoms with Crippen LogP contribution in [0.1, 0.15) is 26.7 Å². The van der Waals surface area contributed by atoms with Crippen molar-refractivity contribution in [1.29, 1.82) is 0 Å². The fourth-order valence-electron chi connectivity index (χ4n) is 4.50. The van der Waals surface area contributed by atoms with Crippen LogP contribution in [0.15, 0.2) is 95.5 Å². The van der Waals surface area contributed by atoms with Crippen LogP contribution in [0.4, 0.5) is 0 Å². The molecule has 3 aromatic carbocycles. The third kappa shape index (κ3) is 4.35. The van der Waals surface area contributed by atoms with E-state index in [0.717, 1.165) is 50.2 Å². The topological polar surface area (TPSA) is 26.0 Å². The first-order valence-corrected chi connectivity index (χ1v) is 19.2. The zero-order valence-electron chi connectivity index (χ0n) is 21.5. The van der Waals surface area contributed by atoms with Gasteiger partial charge in [-0.1, -0.05) is 6.07 Å². The van der Waals surface area contributed by atoms with Crippen molar-refractivity contribution in [3.63, 3.8) is 0 Å². The number of hydrogen-bond donors (Lipinski definition) is 0. The average Bonchev–Trinajstić information content (AvgIpc) is 3.27. The Kier molecular flexibility index (Phi) is 5.62. The summed E-state index contributed by atoms with van der Waals surface area (Å²) >= 11 is -2.20. The molecular formula is C31H31GeNO. The van der Waals surface area contributed by atoms with E-state index in [0.29, 0.717) is 0 Å². The summed E-state index contributed by atoms with van der Waals surface area (Å²) in [6, 6.07) is 29.2. The molecule has 2 nitrogen and oxygen atoms in total. The second kappa shape index (κ2) is 8.92. The SMILES string of the molecule is [2H]C(C)(C)c1cc(-c2cc(-c3ccccc3)c3oc(-c4ccccc4)cc3c2)nc[c]1[Ge]([CH3])([CH3])[CH3]. The van der Waals surface area contributed by atoms with E-state index in [-0.39, 0.29) is 0 Å². The number of furan rings is 1. The van der Waals surface area contributed by atoms with Crippen molar-refractivity contribution in [3.05, 3.63) is 96.7 Å². The summed E-state index contributed by atoms with van der Waals surface area (Å²) in [5.41, 5.74) is 7.12. The summed E-state index contributed by atoms with van der Waals surface area (Å²) in [6.45, 7) is 3.95. The number of benzene rings is 3. The fourth-order valence-corrected chi connectivity index (χ4v) is 7.82. The molecule has 0 aliphatic carbocycles. The first-order chi connectivity index (χ1) is 16.6. The first-order valence-electron chi connectivity index (χ1n) is 12.3. The molecule has 3 heteroatoms. The summed E-state index contributed by atoms with van der Waals surface area (Å²) in [7, 11) is 0. The van der Waals surface area contributed by atoms with Crippen molar-refractivity contribution in [1.82, 2.24) is 4.98 Å². The van der Waals surface area contributed by atoms with Crippen molar-refractivity contribution in [3.8, 4) is 33.7 Å². The minimum atomic E-state index is -2.20. The molecule has 0 unspecified atom stereocenters. The van der Waals surface area contributed by atoms with Crippen molar-refractivity contribution >= 4 is 28.6 Å². The summed E-state index contributed by atoms with van der Waals surface area (Å²) in [4.78, 5) is 4.93. The van der Waals surface area contributed by atoms with Crippen LogP contribution in [0.5, 0.6) is 0 Å². The zero-order valence-corrected chi connectivity index (χ0v) is 22.6. The van der Waals surface area contributed by atoms with Crippen LogP contribution in [-0.4, -0.2) is 18.3 Å². The first kappa shape index (κ1) is 21.4. The molecule has 0 aliphatic rings. The van der Waals surface area contributed by atoms with Crippen LogP contribution in [-0.2, 0) is 0 Å². The van der Waals surface area contributed by atoms with E-state index in [1.54, 1.807) is 0 Å². The van der Waals surface area contributed by atoms with Gasteiger partial charge in [-0.2, -0.15) is 0 Å². The minimum absolute atomic E-state index is 0.686. The van der Waals surface area contributed by atoms with E-state index >= 15 is 0 Å². The van der Waals surface area contributed by atoms with Crippen LogP contribution in [0, 0.1) is 0 Å². The predicted molar refractivity (Wildman–Crippen MR) is 147 cm³/mol. The van der Waals surface area contributed by atoms with Crippen molar-refractivity contribution in [2.24, 2.45) is 0 Å². The van der Waals surface area contributed by atoms with Gasteiger partial charge in [0.15, 0.2) is 0 Å². The number of aromatic nitrogens is 1. The van der Waals surface area contributed by atoms with Crippen molar-refractivity contribution in [2.75, 3.05) is 0 Å². The molecule has 0 amide bonds. The molecule has 0 bridgehead atoms. The average molecular weight is 507 g/mol. The molecule has 0 fully saturated rings. The van der Waals surface area contributed by atoms with Gasteiger partial charge in [-0.15, -0.1) is 0 Å². The molecule has 34 heavy (non-hydrogen) atoms. The summed E-state index contributed by atoms with van der Waals surface area (Å²) < 4.78 is 16.6. The van der Waals surface area contributed by atoms with Crippen LogP contribution < -0.4 is 4.40 Å². The monoisotopic (exact) mass is 508 g/mol. The Bertz CT molecular complexity index is 1490. The van der Waals surface area contributed by atoms with Gasteiger partial charge in [-0.25, -0.2) is 0 Å². The second-order valence-electron chi connectivity index (χ2n) is 10.1. The normalized spacial score (nSPS) is 12.7. The number of nitrogens with zero attached hydrogens (tertiary/aromatic N) is 1. The maximum absolute atomic E-state index is 8.85. The van der Waals surface area contributed by atoms with E-state index in [9.17, 15) is 0 Å². The molecule has 2 aromatic heterocycles. The Labute approximate surface area is 206 Å². The Balaban J connectivity index is 1.75. The Hall–Kier alpha value is -3.11. The van der Waals surface area contributed by atoms with E-state index in [1.165, 1.54) is 4.40 Å². The van der Waals surface area contributed by atoms with E-state index < -0.39 is 19.2 Å². The van der Waals surface area contributed by atoms with Gasteiger partial charge < -0.3 is 0 Å². The summed E-state index contributed by atoms with van der Waals surface area (Å²) in [5, 5.41) is 1.05. The van der Waals surface area contributed by atoms with Gasteiger partial charge in [0, 0.05) is 0 Å². The standard InChI is InChI=1S/C31H31GeNO/c1-21(2)26-19-29(33-20-28(26)32(3,4)5)24-16-25-18-30(23-14-10-7-11-15-23)34-31(25)27(17-24)22-12-8-6-9-13-22/h6-21H,1-5H3/i21D.